The third-order valence-corrected chi connectivity index (χ3v) is 6.46. The van der Waals surface area contributed by atoms with Crippen molar-refractivity contribution in [3.63, 3.8) is 0 Å². The molecule has 1 atom stereocenters. The topological polar surface area (TPSA) is 99.7 Å². The van der Waals surface area contributed by atoms with Crippen molar-refractivity contribution < 1.29 is 19.1 Å². The summed E-state index contributed by atoms with van der Waals surface area (Å²) in [5, 5.41) is 4.78. The number of benzene rings is 3. The van der Waals surface area contributed by atoms with Crippen LogP contribution in [0.5, 0.6) is 11.5 Å². The molecule has 0 aliphatic carbocycles. The highest BCUT2D eigenvalue weighted by Crippen LogP contribution is 2.36. The Kier molecular flexibility index (Phi) is 6.16. The molecule has 1 aromatic heterocycles. The number of nitrogens with zero attached hydrogens (tertiary/aromatic N) is 3. The Balaban J connectivity index is 1.66. The average molecular weight is 483 g/mol. The van der Waals surface area contributed by atoms with Gasteiger partial charge in [0.2, 0.25) is 5.91 Å². The number of aromatic nitrogens is 2. The zero-order chi connectivity index (χ0) is 25.2. The summed E-state index contributed by atoms with van der Waals surface area (Å²) in [5.74, 6) is 0.253. The molecule has 2 amide bonds. The molecule has 0 saturated heterocycles. The number of ether oxygens (including phenoxy) is 2. The molecular weight excluding hydrogens is 456 g/mol. The van der Waals surface area contributed by atoms with Gasteiger partial charge in [0.05, 0.1) is 25.5 Å². The molecule has 0 saturated carbocycles. The van der Waals surface area contributed by atoms with Crippen molar-refractivity contribution in [2.45, 2.75) is 19.0 Å². The highest BCUT2D eigenvalue weighted by molar-refractivity contribution is 6.02. The number of carbonyl (C=O) groups excluding carboxylic acids is 2. The first-order valence-corrected chi connectivity index (χ1v) is 11.5. The van der Waals surface area contributed by atoms with Gasteiger partial charge < -0.3 is 20.1 Å². The number of rotatable bonds is 6. The van der Waals surface area contributed by atoms with Crippen LogP contribution in [0, 0.1) is 0 Å². The fraction of sp³-hybridized carbons (Fsp3) is 0.179. The van der Waals surface area contributed by atoms with Crippen molar-refractivity contribution in [2.75, 3.05) is 14.2 Å². The van der Waals surface area contributed by atoms with E-state index in [1.807, 2.05) is 54.6 Å². The second-order valence-corrected chi connectivity index (χ2v) is 8.56. The Bertz CT molecular complexity index is 1430. The van der Waals surface area contributed by atoms with Crippen LogP contribution in [0.2, 0.25) is 0 Å². The van der Waals surface area contributed by atoms with E-state index >= 15 is 0 Å². The SMILES string of the molecule is COc1ccc(OC)c(-c2nn(-c3ccccc3)cc2C(=O)N2Cc3ccccc3C[C@@H]2C(N)=O)c1. The van der Waals surface area contributed by atoms with Crippen molar-refractivity contribution in [1.82, 2.24) is 14.7 Å². The molecule has 1 aliphatic heterocycles. The number of fused-ring (bicyclic) bond motifs is 1. The van der Waals surface area contributed by atoms with E-state index in [0.29, 0.717) is 34.7 Å². The van der Waals surface area contributed by atoms with Crippen LogP contribution in [0.15, 0.2) is 79.0 Å². The first kappa shape index (κ1) is 23.2. The number of amides is 2. The van der Waals surface area contributed by atoms with Crippen molar-refractivity contribution in [2.24, 2.45) is 5.73 Å². The Morgan fingerprint density at radius 3 is 2.36 bits per heavy atom. The minimum absolute atomic E-state index is 0.272. The smallest absolute Gasteiger partial charge is 0.258 e. The molecule has 8 heteroatoms. The molecule has 36 heavy (non-hydrogen) atoms. The zero-order valence-electron chi connectivity index (χ0n) is 20.0. The molecule has 4 aromatic rings. The average Bonchev–Trinajstić information content (AvgIpc) is 3.37. The van der Waals surface area contributed by atoms with Gasteiger partial charge in [-0.1, -0.05) is 42.5 Å². The van der Waals surface area contributed by atoms with Gasteiger partial charge >= 0.3 is 0 Å². The van der Waals surface area contributed by atoms with Crippen molar-refractivity contribution >= 4 is 11.8 Å². The van der Waals surface area contributed by atoms with E-state index in [2.05, 4.69) is 0 Å². The molecule has 0 spiro atoms. The van der Waals surface area contributed by atoms with Gasteiger partial charge in [0, 0.05) is 24.7 Å². The van der Waals surface area contributed by atoms with Crippen LogP contribution >= 0.6 is 0 Å². The molecule has 0 radical (unpaired) electrons. The van der Waals surface area contributed by atoms with Crippen molar-refractivity contribution in [1.29, 1.82) is 0 Å². The summed E-state index contributed by atoms with van der Waals surface area (Å²) in [4.78, 5) is 28.1. The quantitative estimate of drug-likeness (QED) is 0.453. The number of carbonyl (C=O) groups is 2. The highest BCUT2D eigenvalue weighted by Gasteiger charge is 2.36. The molecule has 5 rings (SSSR count). The Morgan fingerprint density at radius 1 is 0.944 bits per heavy atom. The van der Waals surface area contributed by atoms with Crippen LogP contribution in [0.25, 0.3) is 16.9 Å². The van der Waals surface area contributed by atoms with Gasteiger partial charge in [-0.25, -0.2) is 4.68 Å². The van der Waals surface area contributed by atoms with Crippen LogP contribution < -0.4 is 15.2 Å². The summed E-state index contributed by atoms with van der Waals surface area (Å²) >= 11 is 0. The van der Waals surface area contributed by atoms with Crippen molar-refractivity contribution in [3.8, 4) is 28.4 Å². The molecule has 0 bridgehead atoms. The fourth-order valence-electron chi connectivity index (χ4n) is 4.59. The maximum atomic E-state index is 14.1. The second-order valence-electron chi connectivity index (χ2n) is 8.56. The van der Waals surface area contributed by atoms with E-state index in [-0.39, 0.29) is 12.5 Å². The van der Waals surface area contributed by atoms with Crippen LogP contribution in [-0.2, 0) is 17.8 Å². The van der Waals surface area contributed by atoms with Gasteiger partial charge in [0.25, 0.3) is 5.91 Å². The molecule has 1 aliphatic rings. The molecule has 0 unspecified atom stereocenters. The molecule has 2 heterocycles. The first-order chi connectivity index (χ1) is 17.5. The normalized spacial score (nSPS) is 14.7. The predicted octanol–water partition coefficient (Wildman–Crippen LogP) is 3.61. The molecule has 2 N–H and O–H groups in total. The number of hydrogen-bond donors (Lipinski definition) is 1. The summed E-state index contributed by atoms with van der Waals surface area (Å²) in [5.41, 5.74) is 9.90. The largest absolute Gasteiger partial charge is 0.497 e. The summed E-state index contributed by atoms with van der Waals surface area (Å²) < 4.78 is 12.7. The lowest BCUT2D eigenvalue weighted by Gasteiger charge is -2.35. The first-order valence-electron chi connectivity index (χ1n) is 11.5. The summed E-state index contributed by atoms with van der Waals surface area (Å²) in [7, 11) is 3.13. The minimum Gasteiger partial charge on any atom is -0.497 e. The molecule has 0 fully saturated rings. The Labute approximate surface area is 208 Å². The van der Waals surface area contributed by atoms with E-state index in [9.17, 15) is 9.59 Å². The second kappa shape index (κ2) is 9.58. The van der Waals surface area contributed by atoms with Gasteiger partial charge in [-0.05, 0) is 41.5 Å². The molecule has 8 nitrogen and oxygen atoms in total. The van der Waals surface area contributed by atoms with E-state index in [1.165, 1.54) is 4.90 Å². The standard InChI is InChI=1S/C28H26N4O4/c1-35-21-12-13-25(36-2)22(15-21)26-23(17-32(30-26)20-10-4-3-5-11-20)28(34)31-16-19-9-7-6-8-18(19)14-24(31)27(29)33/h3-13,15,17,24H,14,16H2,1-2H3,(H2,29,33)/t24-/m1/s1. The van der Waals surface area contributed by atoms with Crippen LogP contribution in [0.3, 0.4) is 0 Å². The lowest BCUT2D eigenvalue weighted by molar-refractivity contribution is -0.122. The monoisotopic (exact) mass is 482 g/mol. The maximum absolute atomic E-state index is 14.1. The third-order valence-electron chi connectivity index (χ3n) is 6.46. The molecular formula is C28H26N4O4. The number of primary amides is 1. The van der Waals surface area contributed by atoms with E-state index < -0.39 is 11.9 Å². The molecule has 3 aromatic carbocycles. The summed E-state index contributed by atoms with van der Waals surface area (Å²) in [6.45, 7) is 0.272. The van der Waals surface area contributed by atoms with Gasteiger partial charge in [-0.2, -0.15) is 5.10 Å². The Morgan fingerprint density at radius 2 is 1.67 bits per heavy atom. The Hall–Kier alpha value is -4.59. The van der Waals surface area contributed by atoms with Crippen LogP contribution in [0.1, 0.15) is 21.5 Å². The maximum Gasteiger partial charge on any atom is 0.258 e. The van der Waals surface area contributed by atoms with E-state index in [0.717, 1.165) is 16.8 Å². The predicted molar refractivity (Wildman–Crippen MR) is 135 cm³/mol. The van der Waals surface area contributed by atoms with E-state index in [4.69, 9.17) is 20.3 Å². The zero-order valence-corrected chi connectivity index (χ0v) is 20.0. The highest BCUT2D eigenvalue weighted by atomic mass is 16.5. The van der Waals surface area contributed by atoms with Gasteiger partial charge in [0.1, 0.15) is 23.2 Å². The lowest BCUT2D eigenvalue weighted by Crippen LogP contribution is -2.51. The number of hydrogen-bond acceptors (Lipinski definition) is 5. The van der Waals surface area contributed by atoms with Crippen molar-refractivity contribution in [3.05, 3.63) is 95.7 Å². The van der Waals surface area contributed by atoms with E-state index in [1.54, 1.807) is 43.3 Å². The fourth-order valence-corrected chi connectivity index (χ4v) is 4.59. The van der Waals surface area contributed by atoms with Crippen LogP contribution in [-0.4, -0.2) is 46.8 Å². The van der Waals surface area contributed by atoms with Crippen LogP contribution in [0.4, 0.5) is 0 Å². The lowest BCUT2D eigenvalue weighted by atomic mass is 9.92. The summed E-state index contributed by atoms with van der Waals surface area (Å²) in [6.07, 6.45) is 2.05. The van der Waals surface area contributed by atoms with Gasteiger partial charge in [0.15, 0.2) is 0 Å². The van der Waals surface area contributed by atoms with Gasteiger partial charge in [-0.3, -0.25) is 9.59 Å². The summed E-state index contributed by atoms with van der Waals surface area (Å²) in [6, 6.07) is 21.8. The minimum atomic E-state index is -0.771. The number of para-hydroxylation sites is 1. The van der Waals surface area contributed by atoms with Gasteiger partial charge in [-0.15, -0.1) is 0 Å². The number of methoxy groups -OCH3 is 2. The third kappa shape index (κ3) is 4.17. The number of nitrogens with two attached hydrogens (primary N) is 1. The molecule has 182 valence electrons.